The summed E-state index contributed by atoms with van der Waals surface area (Å²) in [6.07, 6.45) is 0.834. The molecule has 1 fully saturated rings. The quantitative estimate of drug-likeness (QED) is 0.503. The fourth-order valence-corrected chi connectivity index (χ4v) is 1.15. The van der Waals surface area contributed by atoms with Gasteiger partial charge in [-0.2, -0.15) is 5.26 Å². The van der Waals surface area contributed by atoms with Gasteiger partial charge in [0.2, 0.25) is 0 Å². The Hall–Kier alpha value is -0.630. The first-order valence-electron chi connectivity index (χ1n) is 3.27. The predicted molar refractivity (Wildman–Crippen MR) is 35.7 cm³/mol. The van der Waals surface area contributed by atoms with Crippen molar-refractivity contribution >= 4 is 0 Å². The van der Waals surface area contributed by atoms with Gasteiger partial charge in [-0.15, -0.1) is 0 Å². The monoisotopic (exact) mass is 141 g/mol. The topological polar surface area (TPSA) is 71.1 Å². The molecule has 0 aliphatic carbocycles. The van der Waals surface area contributed by atoms with E-state index in [9.17, 15) is 0 Å². The van der Waals surface area contributed by atoms with Gasteiger partial charge in [-0.1, -0.05) is 0 Å². The second kappa shape index (κ2) is 2.97. The lowest BCUT2D eigenvalue weighted by molar-refractivity contribution is 0.0806. The molecule has 4 heteroatoms. The summed E-state index contributed by atoms with van der Waals surface area (Å²) >= 11 is 0. The zero-order chi connectivity index (χ0) is 7.45. The molecule has 0 radical (unpaired) electrons. The van der Waals surface area contributed by atoms with Crippen molar-refractivity contribution < 1.29 is 4.84 Å². The van der Waals surface area contributed by atoms with E-state index in [1.165, 1.54) is 0 Å². The third-order valence-corrected chi connectivity index (χ3v) is 1.84. The summed E-state index contributed by atoms with van der Waals surface area (Å²) in [7, 11) is 0. The summed E-state index contributed by atoms with van der Waals surface area (Å²) in [6.45, 7) is 1.91. The molecule has 1 rings (SSSR count). The highest BCUT2D eigenvalue weighted by molar-refractivity contribution is 5.04. The first-order chi connectivity index (χ1) is 4.83. The zero-order valence-corrected chi connectivity index (χ0v) is 5.76. The Balaban J connectivity index is 2.51. The van der Waals surface area contributed by atoms with Gasteiger partial charge in [-0.25, -0.2) is 5.90 Å². The minimum Gasteiger partial charge on any atom is -0.315 e. The fourth-order valence-electron chi connectivity index (χ4n) is 1.15. The van der Waals surface area contributed by atoms with E-state index in [0.29, 0.717) is 13.2 Å². The average molecular weight is 141 g/mol. The van der Waals surface area contributed by atoms with Crippen molar-refractivity contribution in [1.82, 2.24) is 5.32 Å². The largest absolute Gasteiger partial charge is 0.315 e. The van der Waals surface area contributed by atoms with Crippen LogP contribution in [0.4, 0.5) is 0 Å². The van der Waals surface area contributed by atoms with E-state index < -0.39 is 0 Å². The van der Waals surface area contributed by atoms with E-state index in [-0.39, 0.29) is 5.41 Å². The lowest BCUT2D eigenvalue weighted by Gasteiger charge is -2.16. The van der Waals surface area contributed by atoms with Gasteiger partial charge in [0.05, 0.1) is 18.1 Å². The van der Waals surface area contributed by atoms with Gasteiger partial charge in [-0.05, 0) is 13.0 Å². The van der Waals surface area contributed by atoms with Crippen LogP contribution in [0, 0.1) is 16.7 Å². The average Bonchev–Trinajstić information content (AvgIpc) is 2.39. The van der Waals surface area contributed by atoms with Crippen LogP contribution in [0.5, 0.6) is 0 Å². The maximum atomic E-state index is 8.72. The van der Waals surface area contributed by atoms with Crippen LogP contribution in [0.1, 0.15) is 6.42 Å². The SMILES string of the molecule is N#CC1(CON)CCNC1. The van der Waals surface area contributed by atoms with Crippen molar-refractivity contribution in [2.75, 3.05) is 19.7 Å². The maximum absolute atomic E-state index is 8.72. The Morgan fingerprint density at radius 1 is 1.80 bits per heavy atom. The highest BCUT2D eigenvalue weighted by Crippen LogP contribution is 2.23. The highest BCUT2D eigenvalue weighted by Gasteiger charge is 2.33. The summed E-state index contributed by atoms with van der Waals surface area (Å²) in [6, 6.07) is 2.21. The molecular weight excluding hydrogens is 130 g/mol. The number of hydrogen-bond donors (Lipinski definition) is 2. The van der Waals surface area contributed by atoms with Gasteiger partial charge in [0, 0.05) is 6.54 Å². The summed E-state index contributed by atoms with van der Waals surface area (Å²) < 4.78 is 0. The second-order valence-corrected chi connectivity index (χ2v) is 2.63. The number of nitriles is 1. The standard InChI is InChI=1S/C6H11N3O/c7-3-6(5-10-8)1-2-9-4-6/h9H,1-2,4-5,8H2. The van der Waals surface area contributed by atoms with Crippen LogP contribution in [0.3, 0.4) is 0 Å². The molecule has 56 valence electrons. The molecule has 0 spiro atoms. The molecule has 1 atom stereocenters. The first kappa shape index (κ1) is 7.48. The van der Waals surface area contributed by atoms with Crippen molar-refractivity contribution in [2.45, 2.75) is 6.42 Å². The molecule has 1 heterocycles. The Labute approximate surface area is 59.9 Å². The smallest absolute Gasteiger partial charge is 0.0962 e. The van der Waals surface area contributed by atoms with Crippen molar-refractivity contribution in [2.24, 2.45) is 11.3 Å². The summed E-state index contributed by atoms with van der Waals surface area (Å²) in [5.74, 6) is 4.89. The molecule has 1 aliphatic heterocycles. The molecule has 3 N–H and O–H groups in total. The van der Waals surface area contributed by atoms with Crippen LogP contribution in [-0.2, 0) is 4.84 Å². The summed E-state index contributed by atoms with van der Waals surface area (Å²) in [4.78, 5) is 4.46. The minimum atomic E-state index is -0.366. The van der Waals surface area contributed by atoms with Crippen LogP contribution >= 0.6 is 0 Å². The molecule has 4 nitrogen and oxygen atoms in total. The van der Waals surface area contributed by atoms with Gasteiger partial charge >= 0.3 is 0 Å². The lowest BCUT2D eigenvalue weighted by atomic mass is 9.90. The third kappa shape index (κ3) is 1.27. The maximum Gasteiger partial charge on any atom is 0.0962 e. The zero-order valence-electron chi connectivity index (χ0n) is 5.76. The number of rotatable bonds is 2. The van der Waals surface area contributed by atoms with Crippen molar-refractivity contribution in [3.63, 3.8) is 0 Å². The number of hydrogen-bond acceptors (Lipinski definition) is 4. The molecule has 1 aliphatic rings. The van der Waals surface area contributed by atoms with Crippen LogP contribution in [0.15, 0.2) is 0 Å². The number of nitrogens with one attached hydrogen (secondary N) is 1. The molecule has 0 aromatic rings. The Kier molecular flexibility index (Phi) is 2.22. The van der Waals surface area contributed by atoms with Gasteiger partial charge in [0.1, 0.15) is 0 Å². The molecular formula is C6H11N3O. The highest BCUT2D eigenvalue weighted by atomic mass is 16.6. The van der Waals surface area contributed by atoms with Gasteiger partial charge in [-0.3, -0.25) is 0 Å². The van der Waals surface area contributed by atoms with E-state index in [4.69, 9.17) is 11.2 Å². The molecule has 0 saturated carbocycles. The third-order valence-electron chi connectivity index (χ3n) is 1.84. The van der Waals surface area contributed by atoms with E-state index in [2.05, 4.69) is 16.2 Å². The summed E-state index contributed by atoms with van der Waals surface area (Å²) in [5, 5.41) is 11.8. The van der Waals surface area contributed by atoms with Crippen molar-refractivity contribution in [1.29, 1.82) is 5.26 Å². The lowest BCUT2D eigenvalue weighted by Crippen LogP contribution is -2.29. The molecule has 0 amide bonds. The predicted octanol–water partition coefficient (Wildman–Crippen LogP) is -0.620. The Morgan fingerprint density at radius 2 is 2.60 bits per heavy atom. The van der Waals surface area contributed by atoms with E-state index in [1.54, 1.807) is 0 Å². The molecule has 1 unspecified atom stereocenters. The summed E-state index contributed by atoms with van der Waals surface area (Å²) in [5.41, 5.74) is -0.366. The first-order valence-corrected chi connectivity index (χ1v) is 3.27. The Morgan fingerprint density at radius 3 is 3.00 bits per heavy atom. The van der Waals surface area contributed by atoms with Crippen LogP contribution in [-0.4, -0.2) is 19.7 Å². The Bertz CT molecular complexity index is 146. The van der Waals surface area contributed by atoms with Crippen molar-refractivity contribution in [3.8, 4) is 6.07 Å². The van der Waals surface area contributed by atoms with Gasteiger partial charge < -0.3 is 10.2 Å². The van der Waals surface area contributed by atoms with Gasteiger partial charge in [0.25, 0.3) is 0 Å². The number of nitrogens with two attached hydrogens (primary N) is 1. The normalized spacial score (nSPS) is 32.0. The van der Waals surface area contributed by atoms with Crippen LogP contribution in [0.2, 0.25) is 0 Å². The van der Waals surface area contributed by atoms with E-state index >= 15 is 0 Å². The van der Waals surface area contributed by atoms with E-state index in [0.717, 1.165) is 13.0 Å². The fraction of sp³-hybridized carbons (Fsp3) is 0.833. The van der Waals surface area contributed by atoms with Crippen LogP contribution < -0.4 is 11.2 Å². The van der Waals surface area contributed by atoms with E-state index in [1.807, 2.05) is 0 Å². The molecule has 1 saturated heterocycles. The molecule has 0 aromatic heterocycles. The van der Waals surface area contributed by atoms with Crippen molar-refractivity contribution in [3.05, 3.63) is 0 Å². The second-order valence-electron chi connectivity index (χ2n) is 2.63. The molecule has 10 heavy (non-hydrogen) atoms. The van der Waals surface area contributed by atoms with Crippen LogP contribution in [0.25, 0.3) is 0 Å². The minimum absolute atomic E-state index is 0.330. The number of nitrogens with zero attached hydrogens (tertiary/aromatic N) is 1. The molecule has 0 bridgehead atoms. The molecule has 0 aromatic carbocycles. The van der Waals surface area contributed by atoms with Gasteiger partial charge in [0.15, 0.2) is 0 Å².